The summed E-state index contributed by atoms with van der Waals surface area (Å²) >= 11 is 7.15. The van der Waals surface area contributed by atoms with Gasteiger partial charge >= 0.3 is 11.9 Å². The second-order valence-electron chi connectivity index (χ2n) is 7.68. The third-order valence-corrected chi connectivity index (χ3v) is 8.47. The highest BCUT2D eigenvalue weighted by Gasteiger charge is 2.52. The molecule has 0 radical (unpaired) electrons. The summed E-state index contributed by atoms with van der Waals surface area (Å²) < 4.78 is 10.0. The van der Waals surface area contributed by atoms with Crippen molar-refractivity contribution in [3.63, 3.8) is 0 Å². The Bertz CT molecular complexity index is 1060. The quantitative estimate of drug-likeness (QED) is 0.240. The maximum Gasteiger partial charge on any atom is 0.343 e. The minimum absolute atomic E-state index is 0.118. The maximum absolute atomic E-state index is 13.0. The summed E-state index contributed by atoms with van der Waals surface area (Å²) in [6.45, 7) is 0. The molecule has 7 nitrogen and oxygen atoms in total. The Hall–Kier alpha value is -2.52. The fourth-order valence-electron chi connectivity index (χ4n) is 4.06. The van der Waals surface area contributed by atoms with Crippen LogP contribution < -0.4 is 9.64 Å². The van der Waals surface area contributed by atoms with Crippen molar-refractivity contribution in [2.75, 3.05) is 12.0 Å². The van der Waals surface area contributed by atoms with Crippen molar-refractivity contribution in [1.29, 1.82) is 0 Å². The number of hydrogen-bond acceptors (Lipinski definition) is 6. The molecule has 0 bridgehead atoms. The molecular formula is C23H19Br2NO6. The number of alkyl halides is 2. The fourth-order valence-corrected chi connectivity index (χ4v) is 5.30. The van der Waals surface area contributed by atoms with E-state index in [1.54, 1.807) is 18.2 Å². The minimum atomic E-state index is -0.643. The molecule has 4 rings (SSSR count). The number of methoxy groups -OCH3 is 1. The van der Waals surface area contributed by atoms with Crippen LogP contribution >= 0.6 is 31.9 Å². The summed E-state index contributed by atoms with van der Waals surface area (Å²) in [7, 11) is 1.28. The van der Waals surface area contributed by atoms with Crippen LogP contribution in [-0.2, 0) is 14.3 Å². The minimum Gasteiger partial charge on any atom is -0.465 e. The normalized spacial score (nSPS) is 24.8. The van der Waals surface area contributed by atoms with Gasteiger partial charge in [-0.2, -0.15) is 0 Å². The molecule has 2 aliphatic rings. The van der Waals surface area contributed by atoms with Crippen LogP contribution in [0.4, 0.5) is 5.69 Å². The van der Waals surface area contributed by atoms with E-state index in [1.165, 1.54) is 42.3 Å². The Kier molecular flexibility index (Phi) is 6.48. The van der Waals surface area contributed by atoms with Crippen LogP contribution in [0.3, 0.4) is 0 Å². The zero-order valence-corrected chi connectivity index (χ0v) is 20.2. The summed E-state index contributed by atoms with van der Waals surface area (Å²) in [5.41, 5.74) is 0.882. The monoisotopic (exact) mass is 563 g/mol. The van der Waals surface area contributed by atoms with Gasteiger partial charge < -0.3 is 9.47 Å². The van der Waals surface area contributed by atoms with E-state index in [9.17, 15) is 19.2 Å². The van der Waals surface area contributed by atoms with Crippen LogP contribution in [0.2, 0.25) is 0 Å². The van der Waals surface area contributed by atoms with E-state index in [0.717, 1.165) is 0 Å². The number of nitrogens with zero attached hydrogens (tertiary/aromatic N) is 1. The van der Waals surface area contributed by atoms with Crippen molar-refractivity contribution in [2.24, 2.45) is 11.8 Å². The third-order valence-electron chi connectivity index (χ3n) is 5.74. The number of imide groups is 1. The zero-order valence-electron chi connectivity index (χ0n) is 17.0. The van der Waals surface area contributed by atoms with Crippen LogP contribution in [0.15, 0.2) is 48.5 Å². The Morgan fingerprint density at radius 3 is 2.03 bits per heavy atom. The number of ether oxygens (including phenoxy) is 2. The lowest BCUT2D eigenvalue weighted by Crippen LogP contribution is -2.34. The van der Waals surface area contributed by atoms with Crippen LogP contribution in [0, 0.1) is 11.8 Å². The molecule has 9 heteroatoms. The summed E-state index contributed by atoms with van der Waals surface area (Å²) in [6.07, 6.45) is 1.15. The van der Waals surface area contributed by atoms with Gasteiger partial charge in [0.15, 0.2) is 0 Å². The first kappa shape index (κ1) is 22.7. The van der Waals surface area contributed by atoms with Crippen LogP contribution in [0.25, 0.3) is 0 Å². The largest absolute Gasteiger partial charge is 0.465 e. The number of anilines is 1. The first-order valence-electron chi connectivity index (χ1n) is 9.96. The maximum atomic E-state index is 13.0. The summed E-state index contributed by atoms with van der Waals surface area (Å²) in [4.78, 5) is 51.6. The number of esters is 2. The molecule has 32 heavy (non-hydrogen) atoms. The van der Waals surface area contributed by atoms with Gasteiger partial charge in [-0.3, -0.25) is 14.5 Å². The predicted octanol–water partition coefficient (Wildman–Crippen LogP) is 4.12. The number of carbonyl (C=O) groups is 4. The summed E-state index contributed by atoms with van der Waals surface area (Å²) in [5.74, 6) is -2.11. The standard InChI is InChI=1S/C23H19Br2NO6/c1-31-22(29)12-5-7-15(8-6-12)32-23(30)13-3-2-4-14(9-13)26-20(27)16-10-18(24)19(25)11-17(16)21(26)28/h2-9,16-19H,10-11H2,1H3/t16-,17-,18-,19+/m1/s1. The fraction of sp³-hybridized carbons (Fsp3) is 0.304. The van der Waals surface area contributed by atoms with Gasteiger partial charge in [0.1, 0.15) is 5.75 Å². The number of halogens is 2. The molecule has 0 N–H and O–H groups in total. The SMILES string of the molecule is COC(=O)c1ccc(OC(=O)c2cccc(N3C(=O)[C@@H]4C[C@@H](Br)[C@@H](Br)C[C@H]4C3=O)c2)cc1. The predicted molar refractivity (Wildman–Crippen MR) is 123 cm³/mol. The number of hydrogen-bond donors (Lipinski definition) is 0. The van der Waals surface area contributed by atoms with E-state index in [1.807, 2.05) is 0 Å². The highest BCUT2D eigenvalue weighted by Crippen LogP contribution is 2.44. The smallest absolute Gasteiger partial charge is 0.343 e. The van der Waals surface area contributed by atoms with Gasteiger partial charge in [0, 0.05) is 9.65 Å². The molecule has 2 aromatic carbocycles. The number of benzene rings is 2. The van der Waals surface area contributed by atoms with Gasteiger partial charge in [0.2, 0.25) is 11.8 Å². The lowest BCUT2D eigenvalue weighted by molar-refractivity contribution is -0.122. The molecule has 166 valence electrons. The lowest BCUT2D eigenvalue weighted by atomic mass is 9.81. The molecule has 0 aromatic heterocycles. The van der Waals surface area contributed by atoms with Crippen LogP contribution in [0.5, 0.6) is 5.75 Å². The molecule has 1 saturated carbocycles. The van der Waals surface area contributed by atoms with Crippen molar-refractivity contribution >= 4 is 61.3 Å². The Balaban J connectivity index is 1.52. The summed E-state index contributed by atoms with van der Waals surface area (Å²) in [6, 6.07) is 12.2. The van der Waals surface area contributed by atoms with Crippen molar-refractivity contribution in [3.05, 3.63) is 59.7 Å². The average molecular weight is 565 g/mol. The van der Waals surface area contributed by atoms with E-state index in [-0.39, 0.29) is 44.6 Å². The van der Waals surface area contributed by atoms with Crippen molar-refractivity contribution in [2.45, 2.75) is 22.5 Å². The van der Waals surface area contributed by atoms with E-state index < -0.39 is 11.9 Å². The number of carbonyl (C=O) groups excluding carboxylic acids is 4. The van der Waals surface area contributed by atoms with Gasteiger partial charge in [-0.15, -0.1) is 0 Å². The first-order valence-corrected chi connectivity index (χ1v) is 11.8. The molecule has 1 aliphatic heterocycles. The Morgan fingerprint density at radius 1 is 0.875 bits per heavy atom. The number of fused-ring (bicyclic) bond motifs is 1. The van der Waals surface area contributed by atoms with Gasteiger partial charge in [0.25, 0.3) is 0 Å². The second-order valence-corrected chi connectivity index (χ2v) is 10.0. The van der Waals surface area contributed by atoms with Gasteiger partial charge in [-0.1, -0.05) is 37.9 Å². The molecular weight excluding hydrogens is 546 g/mol. The van der Waals surface area contributed by atoms with E-state index in [2.05, 4.69) is 36.6 Å². The highest BCUT2D eigenvalue weighted by molar-refractivity contribution is 9.12. The zero-order chi connectivity index (χ0) is 23.0. The van der Waals surface area contributed by atoms with E-state index in [4.69, 9.17) is 4.74 Å². The van der Waals surface area contributed by atoms with Gasteiger partial charge in [0.05, 0.1) is 35.8 Å². The average Bonchev–Trinajstić information content (AvgIpc) is 3.03. The molecule has 1 saturated heterocycles. The Labute approximate surface area is 201 Å². The highest BCUT2D eigenvalue weighted by atomic mass is 79.9. The topological polar surface area (TPSA) is 90.0 Å². The van der Waals surface area contributed by atoms with Crippen LogP contribution in [-0.4, -0.2) is 40.5 Å². The molecule has 2 amide bonds. The summed E-state index contributed by atoms with van der Waals surface area (Å²) in [5, 5.41) is 0. The van der Waals surface area contributed by atoms with E-state index in [0.29, 0.717) is 24.1 Å². The molecule has 0 spiro atoms. The first-order chi connectivity index (χ1) is 15.3. The molecule has 1 heterocycles. The third kappa shape index (κ3) is 4.23. The van der Waals surface area contributed by atoms with Crippen molar-refractivity contribution < 1.29 is 28.7 Å². The van der Waals surface area contributed by atoms with Gasteiger partial charge in [-0.05, 0) is 55.3 Å². The molecule has 4 atom stereocenters. The van der Waals surface area contributed by atoms with Crippen molar-refractivity contribution in [1.82, 2.24) is 0 Å². The Morgan fingerprint density at radius 2 is 1.47 bits per heavy atom. The molecule has 0 unspecified atom stereocenters. The molecule has 1 aliphatic carbocycles. The molecule has 2 fully saturated rings. The lowest BCUT2D eigenvalue weighted by Gasteiger charge is -2.29. The second kappa shape index (κ2) is 9.15. The van der Waals surface area contributed by atoms with Gasteiger partial charge in [-0.25, -0.2) is 9.59 Å². The van der Waals surface area contributed by atoms with Crippen molar-refractivity contribution in [3.8, 4) is 5.75 Å². The van der Waals surface area contributed by atoms with E-state index >= 15 is 0 Å². The molecule has 2 aromatic rings. The van der Waals surface area contributed by atoms with Crippen LogP contribution in [0.1, 0.15) is 33.6 Å². The number of rotatable bonds is 4. The number of amides is 2.